The second kappa shape index (κ2) is 5.07. The lowest BCUT2D eigenvalue weighted by molar-refractivity contribution is 0.0232. The van der Waals surface area contributed by atoms with Crippen molar-refractivity contribution in [3.8, 4) is 0 Å². The summed E-state index contributed by atoms with van der Waals surface area (Å²) in [6, 6.07) is 6.47. The lowest BCUT2D eigenvalue weighted by atomic mass is 10.0. The molecule has 0 amide bonds. The molecule has 88 valence electrons. The average molecular weight is 240 g/mol. The smallest absolute Gasteiger partial charge is 0.0566 e. The summed E-state index contributed by atoms with van der Waals surface area (Å²) in [6.45, 7) is 5.07. The van der Waals surface area contributed by atoms with E-state index in [2.05, 4.69) is 19.2 Å². The maximum Gasteiger partial charge on any atom is 0.0566 e. The minimum absolute atomic E-state index is 0.353. The molecule has 0 spiro atoms. The summed E-state index contributed by atoms with van der Waals surface area (Å²) in [5, 5.41) is 4.34. The molecule has 1 aliphatic heterocycles. The van der Waals surface area contributed by atoms with Crippen LogP contribution in [-0.4, -0.2) is 18.8 Å². The summed E-state index contributed by atoms with van der Waals surface area (Å²) >= 11 is 6.00. The predicted octanol–water partition coefficient (Wildman–Crippen LogP) is 3.63. The number of aryl methyl sites for hydroxylation is 1. The number of halogens is 1. The van der Waals surface area contributed by atoms with Gasteiger partial charge in [-0.05, 0) is 44.4 Å². The minimum atomic E-state index is 0.353. The normalized spacial score (nSPS) is 25.4. The standard InChI is InChI=1S/C13H18ClNO/c1-9-3-4-11(14)8-13(9)15-12-5-6-16-10(2)7-12/h3-4,8,10,12,15H,5-7H2,1-2H3. The third kappa shape index (κ3) is 2.89. The van der Waals surface area contributed by atoms with Gasteiger partial charge in [0.05, 0.1) is 6.10 Å². The third-order valence-corrected chi connectivity index (χ3v) is 3.28. The molecule has 0 aromatic heterocycles. The summed E-state index contributed by atoms with van der Waals surface area (Å²) in [5.74, 6) is 0. The number of anilines is 1. The van der Waals surface area contributed by atoms with Crippen LogP contribution in [0.1, 0.15) is 25.3 Å². The van der Waals surface area contributed by atoms with Crippen LogP contribution in [0, 0.1) is 6.92 Å². The molecule has 2 unspecified atom stereocenters. The Bertz CT molecular complexity index is 367. The Kier molecular flexibility index (Phi) is 3.72. The molecular formula is C13H18ClNO. The Hall–Kier alpha value is -0.730. The molecule has 1 fully saturated rings. The summed E-state index contributed by atoms with van der Waals surface area (Å²) in [5.41, 5.74) is 2.38. The third-order valence-electron chi connectivity index (χ3n) is 3.04. The van der Waals surface area contributed by atoms with Gasteiger partial charge in [0.15, 0.2) is 0 Å². The number of benzene rings is 1. The van der Waals surface area contributed by atoms with Gasteiger partial charge in [0.25, 0.3) is 0 Å². The Balaban J connectivity index is 2.05. The molecule has 1 heterocycles. The van der Waals surface area contributed by atoms with Crippen LogP contribution in [0.5, 0.6) is 0 Å². The summed E-state index contributed by atoms with van der Waals surface area (Å²) < 4.78 is 5.53. The van der Waals surface area contributed by atoms with Crippen molar-refractivity contribution in [3.63, 3.8) is 0 Å². The van der Waals surface area contributed by atoms with Gasteiger partial charge in [-0.2, -0.15) is 0 Å². The van der Waals surface area contributed by atoms with E-state index in [1.165, 1.54) is 5.56 Å². The van der Waals surface area contributed by atoms with Gasteiger partial charge in [-0.1, -0.05) is 17.7 Å². The van der Waals surface area contributed by atoms with Crippen molar-refractivity contribution >= 4 is 17.3 Å². The molecule has 3 heteroatoms. The highest BCUT2D eigenvalue weighted by Crippen LogP contribution is 2.24. The van der Waals surface area contributed by atoms with Crippen molar-refractivity contribution < 1.29 is 4.74 Å². The van der Waals surface area contributed by atoms with Gasteiger partial charge < -0.3 is 10.1 Å². The van der Waals surface area contributed by atoms with Crippen molar-refractivity contribution in [2.75, 3.05) is 11.9 Å². The van der Waals surface area contributed by atoms with Crippen molar-refractivity contribution in [1.82, 2.24) is 0 Å². The van der Waals surface area contributed by atoms with Crippen molar-refractivity contribution in [3.05, 3.63) is 28.8 Å². The zero-order valence-corrected chi connectivity index (χ0v) is 10.6. The fourth-order valence-corrected chi connectivity index (χ4v) is 2.27. The van der Waals surface area contributed by atoms with Gasteiger partial charge in [-0.25, -0.2) is 0 Å². The van der Waals surface area contributed by atoms with E-state index in [1.54, 1.807) is 0 Å². The van der Waals surface area contributed by atoms with E-state index in [4.69, 9.17) is 16.3 Å². The molecule has 1 aromatic rings. The van der Waals surface area contributed by atoms with E-state index in [9.17, 15) is 0 Å². The topological polar surface area (TPSA) is 21.3 Å². The lowest BCUT2D eigenvalue weighted by Crippen LogP contribution is -2.32. The number of hydrogen-bond acceptors (Lipinski definition) is 2. The highest BCUT2D eigenvalue weighted by Gasteiger charge is 2.19. The molecular weight excluding hydrogens is 222 g/mol. The van der Waals surface area contributed by atoms with Gasteiger partial charge in [0.2, 0.25) is 0 Å². The fraction of sp³-hybridized carbons (Fsp3) is 0.538. The average Bonchev–Trinajstić information content (AvgIpc) is 2.24. The molecule has 16 heavy (non-hydrogen) atoms. The molecule has 2 nitrogen and oxygen atoms in total. The molecule has 0 radical (unpaired) electrons. The van der Waals surface area contributed by atoms with E-state index >= 15 is 0 Å². The molecule has 0 bridgehead atoms. The van der Waals surface area contributed by atoms with Crippen LogP contribution < -0.4 is 5.32 Å². The van der Waals surface area contributed by atoms with Gasteiger partial charge >= 0.3 is 0 Å². The number of ether oxygens (including phenoxy) is 1. The first-order valence-electron chi connectivity index (χ1n) is 5.79. The SMILES string of the molecule is Cc1ccc(Cl)cc1NC1CCOC(C)C1. The van der Waals surface area contributed by atoms with E-state index in [0.29, 0.717) is 12.1 Å². The molecule has 2 atom stereocenters. The first kappa shape index (κ1) is 11.7. The Morgan fingerprint density at radius 2 is 2.25 bits per heavy atom. The van der Waals surface area contributed by atoms with Crippen LogP contribution in [0.15, 0.2) is 18.2 Å². The van der Waals surface area contributed by atoms with Crippen LogP contribution in [0.2, 0.25) is 5.02 Å². The van der Waals surface area contributed by atoms with E-state index in [-0.39, 0.29) is 0 Å². The van der Waals surface area contributed by atoms with E-state index in [0.717, 1.165) is 30.2 Å². The van der Waals surface area contributed by atoms with Gasteiger partial charge in [0, 0.05) is 23.4 Å². The fourth-order valence-electron chi connectivity index (χ4n) is 2.10. The maximum atomic E-state index is 6.00. The van der Waals surface area contributed by atoms with Crippen LogP contribution in [0.3, 0.4) is 0 Å². The highest BCUT2D eigenvalue weighted by atomic mass is 35.5. The minimum Gasteiger partial charge on any atom is -0.382 e. The van der Waals surface area contributed by atoms with E-state index in [1.807, 2.05) is 18.2 Å². The maximum absolute atomic E-state index is 6.00. The highest BCUT2D eigenvalue weighted by molar-refractivity contribution is 6.30. The summed E-state index contributed by atoms with van der Waals surface area (Å²) in [7, 11) is 0. The number of hydrogen-bond donors (Lipinski definition) is 1. The Morgan fingerprint density at radius 3 is 3.00 bits per heavy atom. The summed E-state index contributed by atoms with van der Waals surface area (Å²) in [6.07, 6.45) is 2.48. The van der Waals surface area contributed by atoms with E-state index < -0.39 is 0 Å². The molecule has 1 aliphatic rings. The molecule has 2 rings (SSSR count). The zero-order chi connectivity index (χ0) is 11.5. The second-order valence-electron chi connectivity index (χ2n) is 4.51. The largest absolute Gasteiger partial charge is 0.382 e. The molecule has 1 N–H and O–H groups in total. The predicted molar refractivity (Wildman–Crippen MR) is 68.2 cm³/mol. The van der Waals surface area contributed by atoms with Crippen LogP contribution >= 0.6 is 11.6 Å². The van der Waals surface area contributed by atoms with Gasteiger partial charge in [-0.15, -0.1) is 0 Å². The van der Waals surface area contributed by atoms with Gasteiger partial charge in [0.1, 0.15) is 0 Å². The zero-order valence-electron chi connectivity index (χ0n) is 9.79. The van der Waals surface area contributed by atoms with Gasteiger partial charge in [-0.3, -0.25) is 0 Å². The van der Waals surface area contributed by atoms with Crippen molar-refractivity contribution in [1.29, 1.82) is 0 Å². The lowest BCUT2D eigenvalue weighted by Gasteiger charge is -2.29. The van der Waals surface area contributed by atoms with Crippen molar-refractivity contribution in [2.24, 2.45) is 0 Å². The van der Waals surface area contributed by atoms with Crippen LogP contribution in [-0.2, 0) is 4.74 Å². The van der Waals surface area contributed by atoms with Crippen LogP contribution in [0.25, 0.3) is 0 Å². The first-order valence-corrected chi connectivity index (χ1v) is 6.17. The Labute approximate surface area is 102 Å². The van der Waals surface area contributed by atoms with Crippen molar-refractivity contribution in [2.45, 2.75) is 38.8 Å². The van der Waals surface area contributed by atoms with Crippen LogP contribution in [0.4, 0.5) is 5.69 Å². The quantitative estimate of drug-likeness (QED) is 0.851. The number of rotatable bonds is 2. The Morgan fingerprint density at radius 1 is 1.44 bits per heavy atom. The molecule has 0 saturated carbocycles. The number of nitrogens with one attached hydrogen (secondary N) is 1. The monoisotopic (exact) mass is 239 g/mol. The summed E-state index contributed by atoms with van der Waals surface area (Å²) in [4.78, 5) is 0. The first-order chi connectivity index (χ1) is 7.65. The molecule has 0 aliphatic carbocycles. The second-order valence-corrected chi connectivity index (χ2v) is 4.94. The molecule has 1 aromatic carbocycles. The molecule has 1 saturated heterocycles.